The van der Waals surface area contributed by atoms with Crippen LogP contribution in [0, 0.1) is 0 Å². The lowest BCUT2D eigenvalue weighted by molar-refractivity contribution is 0.0964. The molecular weight excluding hydrogens is 272 g/mol. The van der Waals surface area contributed by atoms with Crippen molar-refractivity contribution in [3.05, 3.63) is 30.0 Å². The number of anilines is 1. The number of hydrogen-bond donors (Lipinski definition) is 2. The molecule has 2 aromatic rings. The van der Waals surface area contributed by atoms with E-state index in [1.165, 1.54) is 13.2 Å². The van der Waals surface area contributed by atoms with Crippen LogP contribution in [0.25, 0.3) is 11.1 Å². The zero-order valence-corrected chi connectivity index (χ0v) is 11.4. The second-order valence-corrected chi connectivity index (χ2v) is 4.46. The second-order valence-electron chi connectivity index (χ2n) is 4.46. The molecule has 0 radical (unpaired) electrons. The molecule has 2 heterocycles. The number of fused-ring (bicyclic) bond motifs is 1. The number of carbonyl (C=O) groups is 1. The SMILES string of the molecule is CNC(=O)c1c(-c2ccc3c(c2)OCCO3)cnnc1N. The first-order valence-electron chi connectivity index (χ1n) is 6.44. The average Bonchev–Trinajstić information content (AvgIpc) is 2.53. The molecule has 1 aromatic heterocycles. The van der Waals surface area contributed by atoms with Crippen molar-refractivity contribution in [1.82, 2.24) is 15.5 Å². The van der Waals surface area contributed by atoms with Gasteiger partial charge in [-0.15, -0.1) is 5.10 Å². The Hall–Kier alpha value is -2.83. The van der Waals surface area contributed by atoms with Gasteiger partial charge in [-0.1, -0.05) is 6.07 Å². The normalized spacial score (nSPS) is 12.8. The van der Waals surface area contributed by atoms with E-state index in [4.69, 9.17) is 15.2 Å². The van der Waals surface area contributed by atoms with E-state index in [0.717, 1.165) is 5.56 Å². The summed E-state index contributed by atoms with van der Waals surface area (Å²) in [7, 11) is 1.54. The molecule has 0 fully saturated rings. The molecule has 0 aliphatic carbocycles. The van der Waals surface area contributed by atoms with Crippen LogP contribution in [0.2, 0.25) is 0 Å². The van der Waals surface area contributed by atoms with Gasteiger partial charge in [-0.25, -0.2) is 0 Å². The summed E-state index contributed by atoms with van der Waals surface area (Å²) < 4.78 is 11.0. The molecule has 0 bridgehead atoms. The van der Waals surface area contributed by atoms with Crippen LogP contribution >= 0.6 is 0 Å². The number of nitrogens with one attached hydrogen (secondary N) is 1. The van der Waals surface area contributed by atoms with Crippen LogP contribution in [-0.4, -0.2) is 36.4 Å². The van der Waals surface area contributed by atoms with Crippen molar-refractivity contribution in [3.63, 3.8) is 0 Å². The zero-order valence-electron chi connectivity index (χ0n) is 11.4. The van der Waals surface area contributed by atoms with E-state index in [1.54, 1.807) is 12.1 Å². The average molecular weight is 286 g/mol. The van der Waals surface area contributed by atoms with E-state index in [2.05, 4.69) is 15.5 Å². The molecule has 1 amide bonds. The lowest BCUT2D eigenvalue weighted by Crippen LogP contribution is -2.21. The summed E-state index contributed by atoms with van der Waals surface area (Å²) in [6, 6.07) is 5.43. The van der Waals surface area contributed by atoms with Gasteiger partial charge < -0.3 is 20.5 Å². The Kier molecular flexibility index (Phi) is 3.31. The summed E-state index contributed by atoms with van der Waals surface area (Å²) in [5.74, 6) is 1.09. The molecule has 0 spiro atoms. The van der Waals surface area contributed by atoms with Crippen molar-refractivity contribution in [1.29, 1.82) is 0 Å². The van der Waals surface area contributed by atoms with Crippen molar-refractivity contribution in [2.24, 2.45) is 0 Å². The lowest BCUT2D eigenvalue weighted by Gasteiger charge is -2.19. The van der Waals surface area contributed by atoms with Crippen LogP contribution in [-0.2, 0) is 0 Å². The summed E-state index contributed by atoms with van der Waals surface area (Å²) >= 11 is 0. The minimum atomic E-state index is -0.313. The maximum atomic E-state index is 12.0. The van der Waals surface area contributed by atoms with E-state index >= 15 is 0 Å². The maximum Gasteiger partial charge on any atom is 0.255 e. The molecule has 1 aliphatic rings. The van der Waals surface area contributed by atoms with Gasteiger partial charge in [0.2, 0.25) is 0 Å². The Morgan fingerprint density at radius 3 is 2.81 bits per heavy atom. The molecule has 3 rings (SSSR count). The quantitative estimate of drug-likeness (QED) is 0.849. The van der Waals surface area contributed by atoms with E-state index in [9.17, 15) is 4.79 Å². The van der Waals surface area contributed by atoms with Crippen molar-refractivity contribution in [2.45, 2.75) is 0 Å². The first-order chi connectivity index (χ1) is 10.2. The third-order valence-corrected chi connectivity index (χ3v) is 3.19. The molecule has 1 aromatic carbocycles. The van der Waals surface area contributed by atoms with E-state index in [0.29, 0.717) is 35.8 Å². The van der Waals surface area contributed by atoms with Crippen LogP contribution in [0.4, 0.5) is 5.82 Å². The van der Waals surface area contributed by atoms with Crippen molar-refractivity contribution < 1.29 is 14.3 Å². The minimum Gasteiger partial charge on any atom is -0.486 e. The molecule has 0 unspecified atom stereocenters. The van der Waals surface area contributed by atoms with Gasteiger partial charge in [0.05, 0.1) is 11.8 Å². The first-order valence-corrected chi connectivity index (χ1v) is 6.44. The molecule has 7 nitrogen and oxygen atoms in total. The highest BCUT2D eigenvalue weighted by Crippen LogP contribution is 2.35. The Balaban J connectivity index is 2.12. The van der Waals surface area contributed by atoms with Gasteiger partial charge in [0, 0.05) is 12.6 Å². The highest BCUT2D eigenvalue weighted by Gasteiger charge is 2.19. The number of aromatic nitrogens is 2. The number of carbonyl (C=O) groups excluding carboxylic acids is 1. The van der Waals surface area contributed by atoms with Gasteiger partial charge in [0.15, 0.2) is 17.3 Å². The highest BCUT2D eigenvalue weighted by atomic mass is 16.6. The van der Waals surface area contributed by atoms with E-state index < -0.39 is 0 Å². The molecule has 0 atom stereocenters. The third-order valence-electron chi connectivity index (χ3n) is 3.19. The number of nitrogen functional groups attached to an aromatic ring is 1. The van der Waals surface area contributed by atoms with Gasteiger partial charge in [-0.05, 0) is 17.7 Å². The zero-order chi connectivity index (χ0) is 14.8. The number of nitrogens with zero attached hydrogens (tertiary/aromatic N) is 2. The number of nitrogens with two attached hydrogens (primary N) is 1. The molecule has 7 heteroatoms. The van der Waals surface area contributed by atoms with Crippen molar-refractivity contribution in [2.75, 3.05) is 26.0 Å². The van der Waals surface area contributed by atoms with E-state index in [1.807, 2.05) is 6.07 Å². The molecule has 0 saturated heterocycles. The molecule has 0 saturated carbocycles. The molecule has 108 valence electrons. The fraction of sp³-hybridized carbons (Fsp3) is 0.214. The summed E-state index contributed by atoms with van der Waals surface area (Å²) in [6.45, 7) is 1.02. The fourth-order valence-corrected chi connectivity index (χ4v) is 2.19. The van der Waals surface area contributed by atoms with Gasteiger partial charge in [-0.3, -0.25) is 4.79 Å². The smallest absolute Gasteiger partial charge is 0.255 e. The number of ether oxygens (including phenoxy) is 2. The maximum absolute atomic E-state index is 12.0. The van der Waals surface area contributed by atoms with Gasteiger partial charge >= 0.3 is 0 Å². The topological polar surface area (TPSA) is 99.4 Å². The largest absolute Gasteiger partial charge is 0.486 e. The fourth-order valence-electron chi connectivity index (χ4n) is 2.19. The van der Waals surface area contributed by atoms with Gasteiger partial charge in [0.25, 0.3) is 5.91 Å². The van der Waals surface area contributed by atoms with Crippen LogP contribution < -0.4 is 20.5 Å². The Morgan fingerprint density at radius 2 is 2.05 bits per heavy atom. The monoisotopic (exact) mass is 286 g/mol. The molecule has 1 aliphatic heterocycles. The number of hydrogen-bond acceptors (Lipinski definition) is 6. The number of amides is 1. The lowest BCUT2D eigenvalue weighted by atomic mass is 10.0. The van der Waals surface area contributed by atoms with Gasteiger partial charge in [0.1, 0.15) is 13.2 Å². The summed E-state index contributed by atoms with van der Waals surface area (Å²) in [5, 5.41) is 10.1. The van der Waals surface area contributed by atoms with Crippen LogP contribution in [0.5, 0.6) is 11.5 Å². The molecular formula is C14H14N4O3. The standard InChI is InChI=1S/C14H14N4O3/c1-16-14(19)12-9(7-17-18-13(12)15)8-2-3-10-11(6-8)21-5-4-20-10/h2-3,6-7H,4-5H2,1H3,(H2,15,18)(H,16,19). The predicted octanol–water partition coefficient (Wildman–Crippen LogP) is 0.857. The Bertz CT molecular complexity index is 703. The summed E-state index contributed by atoms with van der Waals surface area (Å²) in [5.41, 5.74) is 7.44. The number of benzene rings is 1. The second kappa shape index (κ2) is 5.28. The Labute approximate surface area is 121 Å². The van der Waals surface area contributed by atoms with Crippen molar-refractivity contribution >= 4 is 11.7 Å². The van der Waals surface area contributed by atoms with Crippen LogP contribution in [0.1, 0.15) is 10.4 Å². The van der Waals surface area contributed by atoms with Crippen molar-refractivity contribution in [3.8, 4) is 22.6 Å². The van der Waals surface area contributed by atoms with Crippen LogP contribution in [0.3, 0.4) is 0 Å². The predicted molar refractivity (Wildman–Crippen MR) is 76.3 cm³/mol. The van der Waals surface area contributed by atoms with Gasteiger partial charge in [-0.2, -0.15) is 5.10 Å². The Morgan fingerprint density at radius 1 is 1.29 bits per heavy atom. The highest BCUT2D eigenvalue weighted by molar-refractivity contribution is 6.04. The number of rotatable bonds is 2. The summed E-state index contributed by atoms with van der Waals surface area (Å²) in [6.07, 6.45) is 1.51. The summed E-state index contributed by atoms with van der Waals surface area (Å²) in [4.78, 5) is 12.0. The first kappa shape index (κ1) is 13.2. The molecule has 21 heavy (non-hydrogen) atoms. The van der Waals surface area contributed by atoms with E-state index in [-0.39, 0.29) is 11.7 Å². The minimum absolute atomic E-state index is 0.0849. The van der Waals surface area contributed by atoms with Crippen LogP contribution in [0.15, 0.2) is 24.4 Å². The third kappa shape index (κ3) is 2.33. The molecule has 3 N–H and O–H groups in total.